The van der Waals surface area contributed by atoms with Gasteiger partial charge in [0.2, 0.25) is 0 Å². The van der Waals surface area contributed by atoms with Gasteiger partial charge in [-0.05, 0) is 30.2 Å². The lowest BCUT2D eigenvalue weighted by molar-refractivity contribution is 0.0657. The third-order valence-electron chi connectivity index (χ3n) is 5.40. The van der Waals surface area contributed by atoms with Crippen LogP contribution in [0.15, 0.2) is 52.1 Å². The van der Waals surface area contributed by atoms with Gasteiger partial charge in [0.15, 0.2) is 11.7 Å². The molecule has 0 saturated carbocycles. The maximum absolute atomic E-state index is 12.4. The topological polar surface area (TPSA) is 70.3 Å². The monoisotopic (exact) mass is 382 g/mol. The van der Waals surface area contributed by atoms with Crippen molar-refractivity contribution < 1.29 is 13.9 Å². The van der Waals surface area contributed by atoms with Gasteiger partial charge in [-0.3, -0.25) is 9.79 Å². The summed E-state index contributed by atoms with van der Waals surface area (Å²) in [6.45, 7) is 4.36. The first-order chi connectivity index (χ1) is 13.8. The zero-order valence-electron chi connectivity index (χ0n) is 16.1. The molecule has 2 aromatic rings. The fourth-order valence-electron chi connectivity index (χ4n) is 3.85. The van der Waals surface area contributed by atoms with Gasteiger partial charge in [0.1, 0.15) is 5.75 Å². The molecule has 0 spiro atoms. The lowest BCUT2D eigenvalue weighted by Crippen LogP contribution is -2.54. The second kappa shape index (κ2) is 8.37. The van der Waals surface area contributed by atoms with E-state index in [1.807, 2.05) is 17.0 Å². The molecule has 4 rings (SSSR count). The molecule has 2 aliphatic heterocycles. The molecule has 0 radical (unpaired) electrons. The minimum Gasteiger partial charge on any atom is -0.493 e. The van der Waals surface area contributed by atoms with Gasteiger partial charge in [0.25, 0.3) is 5.91 Å². The fraction of sp³-hybridized carbons (Fsp3) is 0.429. The van der Waals surface area contributed by atoms with E-state index in [1.54, 1.807) is 19.2 Å². The Hall–Kier alpha value is -2.96. The summed E-state index contributed by atoms with van der Waals surface area (Å²) in [5, 5.41) is 3.52. The number of nitrogens with one attached hydrogen (secondary N) is 1. The van der Waals surface area contributed by atoms with Crippen molar-refractivity contribution in [3.63, 3.8) is 0 Å². The molecule has 1 atom stereocenters. The Kier molecular flexibility index (Phi) is 5.50. The molecule has 1 aromatic heterocycles. The standard InChI is InChI=1S/C21H26N4O3/c1-22-21(23-15-16-8-14-28-18-6-3-2-5-17(16)18)25-11-9-24(10-12-25)20(26)19-7-4-13-27-19/h2-7,13,16H,8-12,14-15H2,1H3,(H,22,23). The molecule has 1 saturated heterocycles. The summed E-state index contributed by atoms with van der Waals surface area (Å²) in [5.74, 6) is 2.62. The Labute approximate surface area is 165 Å². The summed E-state index contributed by atoms with van der Waals surface area (Å²) < 4.78 is 11.0. The van der Waals surface area contributed by atoms with E-state index in [2.05, 4.69) is 27.3 Å². The summed E-state index contributed by atoms with van der Waals surface area (Å²) in [4.78, 5) is 20.9. The third-order valence-corrected chi connectivity index (χ3v) is 5.40. The number of ether oxygens (including phenoxy) is 1. The molecule has 1 aromatic carbocycles. The average molecular weight is 382 g/mol. The molecule has 1 fully saturated rings. The minimum absolute atomic E-state index is 0.0496. The van der Waals surface area contributed by atoms with Gasteiger partial charge >= 0.3 is 0 Å². The number of furan rings is 1. The van der Waals surface area contributed by atoms with Crippen LogP contribution in [0.2, 0.25) is 0 Å². The van der Waals surface area contributed by atoms with Crippen LogP contribution in [-0.4, -0.2) is 68.0 Å². The number of para-hydroxylation sites is 1. The molecule has 1 unspecified atom stereocenters. The molecule has 28 heavy (non-hydrogen) atoms. The Morgan fingerprint density at radius 1 is 1.14 bits per heavy atom. The zero-order valence-corrected chi connectivity index (χ0v) is 16.1. The van der Waals surface area contributed by atoms with Crippen LogP contribution in [0.3, 0.4) is 0 Å². The largest absolute Gasteiger partial charge is 0.493 e. The summed E-state index contributed by atoms with van der Waals surface area (Å²) in [5.41, 5.74) is 1.26. The van der Waals surface area contributed by atoms with Crippen LogP contribution in [0.4, 0.5) is 0 Å². The van der Waals surface area contributed by atoms with Crippen LogP contribution in [-0.2, 0) is 0 Å². The smallest absolute Gasteiger partial charge is 0.289 e. The van der Waals surface area contributed by atoms with E-state index in [4.69, 9.17) is 9.15 Å². The van der Waals surface area contributed by atoms with Gasteiger partial charge in [-0.15, -0.1) is 0 Å². The Bertz CT molecular complexity index is 826. The first kappa shape index (κ1) is 18.4. The number of carbonyl (C=O) groups excluding carboxylic acids is 1. The van der Waals surface area contributed by atoms with Crippen molar-refractivity contribution in [2.24, 2.45) is 4.99 Å². The quantitative estimate of drug-likeness (QED) is 0.651. The minimum atomic E-state index is -0.0496. The Morgan fingerprint density at radius 2 is 1.93 bits per heavy atom. The molecule has 3 heterocycles. The van der Waals surface area contributed by atoms with Crippen molar-refractivity contribution in [1.29, 1.82) is 0 Å². The zero-order chi connectivity index (χ0) is 19.3. The first-order valence-corrected chi connectivity index (χ1v) is 9.76. The number of carbonyl (C=O) groups is 1. The molecule has 7 nitrogen and oxygen atoms in total. The normalized spacial score (nSPS) is 19.8. The van der Waals surface area contributed by atoms with Crippen molar-refractivity contribution in [3.8, 4) is 5.75 Å². The van der Waals surface area contributed by atoms with E-state index < -0.39 is 0 Å². The molecule has 1 amide bonds. The predicted octanol–water partition coefficient (Wildman–Crippen LogP) is 2.18. The van der Waals surface area contributed by atoms with Crippen LogP contribution < -0.4 is 10.1 Å². The lowest BCUT2D eigenvalue weighted by Gasteiger charge is -2.36. The number of aliphatic imine (C=N–C) groups is 1. The highest BCUT2D eigenvalue weighted by atomic mass is 16.5. The summed E-state index contributed by atoms with van der Waals surface area (Å²) in [7, 11) is 1.81. The van der Waals surface area contributed by atoms with Crippen molar-refractivity contribution in [2.75, 3.05) is 46.4 Å². The summed E-state index contributed by atoms with van der Waals surface area (Å²) in [6.07, 6.45) is 2.52. The van der Waals surface area contributed by atoms with Crippen LogP contribution in [0.25, 0.3) is 0 Å². The number of benzene rings is 1. The number of nitrogens with zero attached hydrogens (tertiary/aromatic N) is 3. The number of amides is 1. The van der Waals surface area contributed by atoms with Crippen LogP contribution in [0.1, 0.15) is 28.5 Å². The number of piperazine rings is 1. The van der Waals surface area contributed by atoms with Crippen molar-refractivity contribution in [1.82, 2.24) is 15.1 Å². The van der Waals surface area contributed by atoms with Gasteiger partial charge < -0.3 is 24.3 Å². The number of fused-ring (bicyclic) bond motifs is 1. The predicted molar refractivity (Wildman–Crippen MR) is 107 cm³/mol. The van der Waals surface area contributed by atoms with Gasteiger partial charge in [-0.25, -0.2) is 0 Å². The lowest BCUT2D eigenvalue weighted by atomic mass is 9.93. The van der Waals surface area contributed by atoms with Gasteiger partial charge in [0, 0.05) is 45.7 Å². The van der Waals surface area contributed by atoms with Crippen LogP contribution in [0.5, 0.6) is 5.75 Å². The second-order valence-electron chi connectivity index (χ2n) is 7.06. The van der Waals surface area contributed by atoms with Crippen LogP contribution in [0, 0.1) is 0 Å². The first-order valence-electron chi connectivity index (χ1n) is 9.76. The molecule has 7 heteroatoms. The second-order valence-corrected chi connectivity index (χ2v) is 7.06. The van der Waals surface area contributed by atoms with Gasteiger partial charge in [-0.2, -0.15) is 0 Å². The molecule has 0 aliphatic carbocycles. The van der Waals surface area contributed by atoms with Crippen molar-refractivity contribution >= 4 is 11.9 Å². The number of guanidine groups is 1. The van der Waals surface area contributed by atoms with E-state index in [-0.39, 0.29) is 5.91 Å². The molecular weight excluding hydrogens is 356 g/mol. The maximum Gasteiger partial charge on any atom is 0.289 e. The van der Waals surface area contributed by atoms with E-state index in [9.17, 15) is 4.79 Å². The summed E-state index contributed by atoms with van der Waals surface area (Å²) in [6, 6.07) is 11.7. The molecular formula is C21H26N4O3. The van der Waals surface area contributed by atoms with Gasteiger partial charge in [-0.1, -0.05) is 18.2 Å². The van der Waals surface area contributed by atoms with E-state index in [1.165, 1.54) is 11.8 Å². The van der Waals surface area contributed by atoms with Crippen molar-refractivity contribution in [3.05, 3.63) is 54.0 Å². The number of hydrogen-bond acceptors (Lipinski definition) is 4. The highest BCUT2D eigenvalue weighted by molar-refractivity contribution is 5.91. The maximum atomic E-state index is 12.4. The molecule has 1 N–H and O–H groups in total. The number of hydrogen-bond donors (Lipinski definition) is 1. The molecule has 2 aliphatic rings. The Balaban J connectivity index is 1.32. The average Bonchev–Trinajstić information content (AvgIpc) is 3.29. The van der Waals surface area contributed by atoms with E-state index in [0.717, 1.165) is 44.4 Å². The molecule has 0 bridgehead atoms. The fourth-order valence-corrected chi connectivity index (χ4v) is 3.85. The van der Waals surface area contributed by atoms with Crippen LogP contribution >= 0.6 is 0 Å². The highest BCUT2D eigenvalue weighted by Gasteiger charge is 2.26. The van der Waals surface area contributed by atoms with Crippen molar-refractivity contribution in [2.45, 2.75) is 12.3 Å². The molecule has 148 valence electrons. The number of rotatable bonds is 3. The SMILES string of the molecule is CN=C(NCC1CCOc2ccccc21)N1CCN(C(=O)c2ccco2)CC1. The van der Waals surface area contributed by atoms with E-state index in [0.29, 0.717) is 24.8 Å². The van der Waals surface area contributed by atoms with E-state index >= 15 is 0 Å². The third kappa shape index (κ3) is 3.83. The highest BCUT2D eigenvalue weighted by Crippen LogP contribution is 2.32. The van der Waals surface area contributed by atoms with Gasteiger partial charge in [0.05, 0.1) is 12.9 Å². The Morgan fingerprint density at radius 3 is 2.68 bits per heavy atom. The summed E-state index contributed by atoms with van der Waals surface area (Å²) >= 11 is 0.